The number of ether oxygens (including phenoxy) is 1. The van der Waals surface area contributed by atoms with E-state index in [4.69, 9.17) is 4.74 Å². The highest BCUT2D eigenvalue weighted by atomic mass is 16.5. The molecule has 1 aromatic rings. The lowest BCUT2D eigenvalue weighted by molar-refractivity contribution is -0.138. The van der Waals surface area contributed by atoms with Crippen LogP contribution in [-0.2, 0) is 16.0 Å². The third kappa shape index (κ3) is 3.50. The summed E-state index contributed by atoms with van der Waals surface area (Å²) in [5.74, 6) is 2.95. The topological polar surface area (TPSA) is 58.6 Å². The van der Waals surface area contributed by atoms with Crippen molar-refractivity contribution in [1.29, 1.82) is 0 Å². The van der Waals surface area contributed by atoms with Crippen molar-refractivity contribution in [3.05, 3.63) is 42.0 Å². The molecular formula is C28H38N2O3. The van der Waals surface area contributed by atoms with Crippen LogP contribution < -0.4 is 10.1 Å². The van der Waals surface area contributed by atoms with Crippen LogP contribution in [0.4, 0.5) is 0 Å². The Morgan fingerprint density at radius 2 is 1.91 bits per heavy atom. The molecule has 1 aliphatic heterocycles. The minimum absolute atomic E-state index is 0.0676. The summed E-state index contributed by atoms with van der Waals surface area (Å²) in [5, 5.41) is 3.43. The number of methoxy groups -OCH3 is 1. The van der Waals surface area contributed by atoms with Gasteiger partial charge in [0.05, 0.1) is 13.5 Å². The molecule has 1 aromatic carbocycles. The van der Waals surface area contributed by atoms with Crippen LogP contribution in [0.2, 0.25) is 0 Å². The summed E-state index contributed by atoms with van der Waals surface area (Å²) in [7, 11) is 3.63. The van der Waals surface area contributed by atoms with Crippen molar-refractivity contribution in [1.82, 2.24) is 10.2 Å². The van der Waals surface area contributed by atoms with Crippen LogP contribution in [0.1, 0.15) is 57.9 Å². The van der Waals surface area contributed by atoms with Crippen molar-refractivity contribution in [2.75, 3.05) is 14.2 Å². The van der Waals surface area contributed by atoms with Crippen molar-refractivity contribution < 1.29 is 14.3 Å². The zero-order chi connectivity index (χ0) is 23.4. The first-order valence-corrected chi connectivity index (χ1v) is 12.6. The molecule has 3 saturated carbocycles. The monoisotopic (exact) mass is 450 g/mol. The summed E-state index contributed by atoms with van der Waals surface area (Å²) in [6.07, 6.45) is 11.3. The molecule has 2 amide bonds. The van der Waals surface area contributed by atoms with Gasteiger partial charge in [-0.1, -0.05) is 38.1 Å². The second-order valence-corrected chi connectivity index (χ2v) is 11.3. The molecule has 4 aliphatic rings. The molecule has 5 rings (SSSR count). The number of benzene rings is 1. The van der Waals surface area contributed by atoms with Gasteiger partial charge in [0.25, 0.3) is 0 Å². The fraction of sp³-hybridized carbons (Fsp3) is 0.643. The highest BCUT2D eigenvalue weighted by molar-refractivity contribution is 5.89. The predicted octanol–water partition coefficient (Wildman–Crippen LogP) is 4.36. The standard InChI is InChI=1S/C28H38N2O3/c1-27-15-13-21-19(9-12-24-28(21,2)16-14-26(32)30(24)3)20(27)10-11-23(27)29-25(31)17-18-7-5-6-8-22(18)33-4/h5-8,14,16,19-21,23-24H,9-13,15,17H2,1-4H3,(H,29,31)/t19-,20-,21-,23-,24+,27-,28+/m0/s1. The van der Waals surface area contributed by atoms with E-state index in [1.54, 1.807) is 7.11 Å². The SMILES string of the molecule is COc1ccccc1CC(=O)N[C@H]1CC[C@H]2[C@@H]3CC[C@H]4N(C)C(=O)C=C[C@]4(C)[C@H]3CC[C@]12C. The Morgan fingerprint density at radius 3 is 2.70 bits per heavy atom. The van der Waals surface area contributed by atoms with E-state index in [9.17, 15) is 9.59 Å². The van der Waals surface area contributed by atoms with Crippen molar-refractivity contribution in [3.63, 3.8) is 0 Å². The quantitative estimate of drug-likeness (QED) is 0.741. The van der Waals surface area contributed by atoms with E-state index in [2.05, 4.69) is 25.2 Å². The van der Waals surface area contributed by atoms with Crippen molar-refractivity contribution in [2.24, 2.45) is 28.6 Å². The zero-order valence-electron chi connectivity index (χ0n) is 20.5. The fourth-order valence-electron chi connectivity index (χ4n) is 8.24. The van der Waals surface area contributed by atoms with Crippen molar-refractivity contribution >= 4 is 11.8 Å². The average Bonchev–Trinajstić information content (AvgIpc) is 3.13. The molecule has 3 aliphatic carbocycles. The van der Waals surface area contributed by atoms with Crippen LogP contribution in [0.15, 0.2) is 36.4 Å². The number of nitrogens with zero attached hydrogens (tertiary/aromatic N) is 1. The fourth-order valence-corrected chi connectivity index (χ4v) is 8.24. The number of amides is 2. The van der Waals surface area contributed by atoms with Gasteiger partial charge >= 0.3 is 0 Å². The predicted molar refractivity (Wildman–Crippen MR) is 129 cm³/mol. The highest BCUT2D eigenvalue weighted by Crippen LogP contribution is 2.63. The third-order valence-electron chi connectivity index (χ3n) is 10.0. The maximum Gasteiger partial charge on any atom is 0.246 e. The molecule has 0 unspecified atom stereocenters. The summed E-state index contributed by atoms with van der Waals surface area (Å²) >= 11 is 0. The van der Waals surface area contributed by atoms with Gasteiger partial charge in [-0.2, -0.15) is 0 Å². The number of carbonyl (C=O) groups is 2. The normalized spacial score (nSPS) is 39.5. The number of carbonyl (C=O) groups excluding carboxylic acids is 2. The van der Waals surface area contributed by atoms with Gasteiger partial charge in [0, 0.05) is 30.1 Å². The zero-order valence-corrected chi connectivity index (χ0v) is 20.5. The number of para-hydroxylation sites is 1. The summed E-state index contributed by atoms with van der Waals surface area (Å²) < 4.78 is 5.44. The van der Waals surface area contributed by atoms with Crippen LogP contribution in [0, 0.1) is 28.6 Å². The first kappa shape index (κ1) is 22.5. The Bertz CT molecular complexity index is 974. The number of nitrogens with one attached hydrogen (secondary N) is 1. The molecule has 0 bridgehead atoms. The van der Waals surface area contributed by atoms with E-state index in [1.807, 2.05) is 42.3 Å². The number of rotatable bonds is 4. The average molecular weight is 451 g/mol. The van der Waals surface area contributed by atoms with Gasteiger partial charge in [-0.15, -0.1) is 0 Å². The molecule has 1 heterocycles. The number of hydrogen-bond donors (Lipinski definition) is 1. The third-order valence-corrected chi connectivity index (χ3v) is 10.0. The second-order valence-electron chi connectivity index (χ2n) is 11.3. The summed E-state index contributed by atoms with van der Waals surface area (Å²) in [4.78, 5) is 27.3. The number of fused-ring (bicyclic) bond motifs is 5. The Balaban J connectivity index is 1.31. The summed E-state index contributed by atoms with van der Waals surface area (Å²) in [6.45, 7) is 4.81. The minimum atomic E-state index is 0.0676. The molecule has 3 fully saturated rings. The summed E-state index contributed by atoms with van der Waals surface area (Å²) in [6, 6.07) is 8.34. The van der Waals surface area contributed by atoms with Gasteiger partial charge in [0.15, 0.2) is 0 Å². The molecule has 5 nitrogen and oxygen atoms in total. The molecule has 7 atom stereocenters. The van der Waals surface area contributed by atoms with Crippen LogP contribution in [-0.4, -0.2) is 43.0 Å². The Labute approximate surface area is 197 Å². The Kier molecular flexibility index (Phi) is 5.57. The van der Waals surface area contributed by atoms with Crippen molar-refractivity contribution in [3.8, 4) is 5.75 Å². The molecular weight excluding hydrogens is 412 g/mol. The molecule has 0 spiro atoms. The van der Waals surface area contributed by atoms with E-state index < -0.39 is 0 Å². The van der Waals surface area contributed by atoms with E-state index in [1.165, 1.54) is 19.3 Å². The van der Waals surface area contributed by atoms with E-state index in [-0.39, 0.29) is 28.7 Å². The molecule has 0 aromatic heterocycles. The smallest absolute Gasteiger partial charge is 0.246 e. The van der Waals surface area contributed by atoms with Gasteiger partial charge in [0.1, 0.15) is 5.75 Å². The van der Waals surface area contributed by atoms with Crippen LogP contribution in [0.3, 0.4) is 0 Å². The molecule has 0 radical (unpaired) electrons. The lowest BCUT2D eigenvalue weighted by Crippen LogP contribution is -2.60. The maximum atomic E-state index is 13.0. The number of hydrogen-bond acceptors (Lipinski definition) is 3. The van der Waals surface area contributed by atoms with Gasteiger partial charge in [-0.05, 0) is 73.8 Å². The number of likely N-dealkylation sites (N-methyl/N-ethyl adjacent to an activating group) is 1. The minimum Gasteiger partial charge on any atom is -0.496 e. The van der Waals surface area contributed by atoms with Gasteiger partial charge in [-0.3, -0.25) is 9.59 Å². The maximum absolute atomic E-state index is 13.0. The lowest BCUT2D eigenvalue weighted by Gasteiger charge is -2.60. The Hall–Kier alpha value is -2.30. The van der Waals surface area contributed by atoms with E-state index in [0.29, 0.717) is 30.2 Å². The lowest BCUT2D eigenvalue weighted by atomic mass is 9.48. The molecule has 178 valence electrons. The highest BCUT2D eigenvalue weighted by Gasteiger charge is 2.60. The largest absolute Gasteiger partial charge is 0.496 e. The van der Waals surface area contributed by atoms with Crippen LogP contribution in [0.25, 0.3) is 0 Å². The van der Waals surface area contributed by atoms with Crippen molar-refractivity contribution in [2.45, 2.75) is 70.9 Å². The van der Waals surface area contributed by atoms with Gasteiger partial charge in [0.2, 0.25) is 11.8 Å². The van der Waals surface area contributed by atoms with E-state index in [0.717, 1.165) is 30.6 Å². The first-order valence-electron chi connectivity index (χ1n) is 12.6. The van der Waals surface area contributed by atoms with E-state index >= 15 is 0 Å². The van der Waals surface area contributed by atoms with Gasteiger partial charge < -0.3 is 15.0 Å². The van der Waals surface area contributed by atoms with Crippen LogP contribution >= 0.6 is 0 Å². The molecule has 1 N–H and O–H groups in total. The molecule has 0 saturated heterocycles. The molecule has 33 heavy (non-hydrogen) atoms. The van der Waals surface area contributed by atoms with Gasteiger partial charge in [-0.25, -0.2) is 0 Å². The summed E-state index contributed by atoms with van der Waals surface area (Å²) in [5.41, 5.74) is 1.16. The van der Waals surface area contributed by atoms with Crippen LogP contribution in [0.5, 0.6) is 5.75 Å². The second kappa shape index (κ2) is 8.18. The first-order chi connectivity index (χ1) is 15.8. The molecule has 5 heteroatoms. The Morgan fingerprint density at radius 1 is 1.12 bits per heavy atom.